The van der Waals surface area contributed by atoms with Gasteiger partial charge in [-0.3, -0.25) is 9.58 Å². The third-order valence-electron chi connectivity index (χ3n) is 6.81. The summed E-state index contributed by atoms with van der Waals surface area (Å²) < 4.78 is 7.44. The molecule has 3 aromatic rings. The maximum atomic E-state index is 5.51. The number of aryl methyl sites for hydroxylation is 1. The molecule has 0 unspecified atom stereocenters. The van der Waals surface area contributed by atoms with E-state index in [2.05, 4.69) is 40.4 Å². The van der Waals surface area contributed by atoms with Crippen LogP contribution in [0.4, 0.5) is 0 Å². The van der Waals surface area contributed by atoms with Crippen LogP contribution in [0, 0.1) is 6.92 Å². The third-order valence-corrected chi connectivity index (χ3v) is 6.81. The first kappa shape index (κ1) is 17.9. The summed E-state index contributed by atoms with van der Waals surface area (Å²) in [5.74, 6) is 0.618. The number of pyridine rings is 1. The van der Waals surface area contributed by atoms with Crippen LogP contribution in [0.2, 0.25) is 0 Å². The van der Waals surface area contributed by atoms with Crippen LogP contribution in [0.15, 0.2) is 24.7 Å². The maximum absolute atomic E-state index is 5.51. The Labute approximate surface area is 165 Å². The molecule has 0 bridgehead atoms. The van der Waals surface area contributed by atoms with Crippen LogP contribution in [0.1, 0.15) is 42.9 Å². The number of morpholine rings is 1. The van der Waals surface area contributed by atoms with E-state index < -0.39 is 0 Å². The number of rotatable bonds is 3. The second-order valence-electron chi connectivity index (χ2n) is 8.29. The van der Waals surface area contributed by atoms with Gasteiger partial charge < -0.3 is 9.72 Å². The number of aromatic nitrogens is 4. The molecule has 2 fully saturated rings. The Balaban J connectivity index is 1.37. The number of aromatic amines is 1. The van der Waals surface area contributed by atoms with Crippen molar-refractivity contribution < 1.29 is 4.74 Å². The smallest absolute Gasteiger partial charge is 0.137 e. The van der Waals surface area contributed by atoms with Crippen LogP contribution in [0.25, 0.3) is 22.2 Å². The normalized spacial score (nSPS) is 24.1. The van der Waals surface area contributed by atoms with Crippen molar-refractivity contribution in [2.45, 2.75) is 44.6 Å². The summed E-state index contributed by atoms with van der Waals surface area (Å²) in [6.45, 7) is 6.10. The second kappa shape index (κ2) is 7.33. The standard InChI is InChI=1S/C22H29N5O/c1-15-20(14-25-26(15)2)21-13-24-22-19(21)11-17(12-23-22)16-3-5-18(6-4-16)27-7-9-28-10-8-27/h11-14,16,18H,3-10H2,1-2H3,(H,23,24)/t16-,18-. The fourth-order valence-corrected chi connectivity index (χ4v) is 4.95. The van der Waals surface area contributed by atoms with E-state index in [4.69, 9.17) is 9.72 Å². The molecule has 1 aliphatic heterocycles. The monoisotopic (exact) mass is 379 g/mol. The molecule has 1 saturated heterocycles. The van der Waals surface area contributed by atoms with Gasteiger partial charge in [0.1, 0.15) is 5.65 Å². The summed E-state index contributed by atoms with van der Waals surface area (Å²) in [6.07, 6.45) is 11.2. The average Bonchev–Trinajstić information content (AvgIpc) is 3.31. The Morgan fingerprint density at radius 2 is 1.86 bits per heavy atom. The highest BCUT2D eigenvalue weighted by Gasteiger charge is 2.28. The lowest BCUT2D eigenvalue weighted by Crippen LogP contribution is -2.44. The van der Waals surface area contributed by atoms with Gasteiger partial charge in [-0.25, -0.2) is 4.98 Å². The number of nitrogens with zero attached hydrogens (tertiary/aromatic N) is 4. The van der Waals surface area contributed by atoms with Crippen molar-refractivity contribution in [3.8, 4) is 11.1 Å². The fourth-order valence-electron chi connectivity index (χ4n) is 4.95. The van der Waals surface area contributed by atoms with Gasteiger partial charge in [-0.2, -0.15) is 5.10 Å². The largest absolute Gasteiger partial charge is 0.379 e. The highest BCUT2D eigenvalue weighted by molar-refractivity contribution is 5.94. The molecule has 0 amide bonds. The lowest BCUT2D eigenvalue weighted by atomic mass is 9.81. The van der Waals surface area contributed by atoms with E-state index in [1.165, 1.54) is 53.5 Å². The molecule has 0 aromatic carbocycles. The number of hydrogen-bond acceptors (Lipinski definition) is 4. The van der Waals surface area contributed by atoms with Gasteiger partial charge in [0.25, 0.3) is 0 Å². The Morgan fingerprint density at radius 1 is 1.07 bits per heavy atom. The van der Waals surface area contributed by atoms with Gasteiger partial charge in [0.2, 0.25) is 0 Å². The molecule has 6 heteroatoms. The summed E-state index contributed by atoms with van der Waals surface area (Å²) in [4.78, 5) is 10.7. The molecule has 3 aromatic heterocycles. The molecule has 0 radical (unpaired) electrons. The summed E-state index contributed by atoms with van der Waals surface area (Å²) in [7, 11) is 1.99. The van der Waals surface area contributed by atoms with Gasteiger partial charge in [-0.05, 0) is 50.2 Å². The van der Waals surface area contributed by atoms with E-state index in [1.54, 1.807) is 0 Å². The van der Waals surface area contributed by atoms with E-state index in [0.29, 0.717) is 5.92 Å². The number of nitrogens with one attached hydrogen (secondary N) is 1. The Morgan fingerprint density at radius 3 is 2.57 bits per heavy atom. The van der Waals surface area contributed by atoms with Crippen molar-refractivity contribution >= 4 is 11.0 Å². The Kier molecular flexibility index (Phi) is 4.69. The first-order valence-corrected chi connectivity index (χ1v) is 10.5. The SMILES string of the molecule is Cc1c(-c2c[nH]c3ncc([C@H]4CC[C@H](N5CCOCC5)CC4)cc23)cnn1C. The highest BCUT2D eigenvalue weighted by Crippen LogP contribution is 2.37. The molecule has 0 spiro atoms. The number of fused-ring (bicyclic) bond motifs is 1. The summed E-state index contributed by atoms with van der Waals surface area (Å²) in [5, 5.41) is 5.62. The van der Waals surface area contributed by atoms with E-state index >= 15 is 0 Å². The molecule has 5 rings (SSSR count). The predicted molar refractivity (Wildman–Crippen MR) is 110 cm³/mol. The van der Waals surface area contributed by atoms with Crippen LogP contribution >= 0.6 is 0 Å². The molecular formula is C22H29N5O. The zero-order valence-corrected chi connectivity index (χ0v) is 16.8. The van der Waals surface area contributed by atoms with Gasteiger partial charge in [0.05, 0.1) is 19.4 Å². The molecule has 6 nitrogen and oxygen atoms in total. The van der Waals surface area contributed by atoms with Crippen LogP contribution < -0.4 is 0 Å². The van der Waals surface area contributed by atoms with Gasteiger partial charge in [0.15, 0.2) is 0 Å². The molecule has 1 aliphatic carbocycles. The first-order chi connectivity index (χ1) is 13.7. The van der Waals surface area contributed by atoms with Gasteiger partial charge >= 0.3 is 0 Å². The fraction of sp³-hybridized carbons (Fsp3) is 0.545. The third kappa shape index (κ3) is 3.14. The quantitative estimate of drug-likeness (QED) is 0.755. The molecule has 4 heterocycles. The van der Waals surface area contributed by atoms with Crippen molar-refractivity contribution in [3.05, 3.63) is 35.9 Å². The molecule has 0 atom stereocenters. The molecular weight excluding hydrogens is 350 g/mol. The first-order valence-electron chi connectivity index (χ1n) is 10.5. The molecule has 28 heavy (non-hydrogen) atoms. The second-order valence-corrected chi connectivity index (χ2v) is 8.29. The topological polar surface area (TPSA) is 59.0 Å². The number of hydrogen-bond donors (Lipinski definition) is 1. The highest BCUT2D eigenvalue weighted by atomic mass is 16.5. The lowest BCUT2D eigenvalue weighted by molar-refractivity contribution is 0.00729. The maximum Gasteiger partial charge on any atom is 0.137 e. The molecule has 148 valence electrons. The van der Waals surface area contributed by atoms with Crippen LogP contribution in [-0.2, 0) is 11.8 Å². The predicted octanol–water partition coefficient (Wildman–Crippen LogP) is 3.63. The van der Waals surface area contributed by atoms with Crippen molar-refractivity contribution in [1.82, 2.24) is 24.6 Å². The minimum atomic E-state index is 0.618. The summed E-state index contributed by atoms with van der Waals surface area (Å²) in [6, 6.07) is 3.10. The van der Waals surface area contributed by atoms with Crippen LogP contribution in [0.3, 0.4) is 0 Å². The number of ether oxygens (including phenoxy) is 1. The molecule has 1 N–H and O–H groups in total. The minimum Gasteiger partial charge on any atom is -0.379 e. The van der Waals surface area contributed by atoms with E-state index in [1.807, 2.05) is 17.9 Å². The molecule has 1 saturated carbocycles. The zero-order valence-electron chi connectivity index (χ0n) is 16.8. The van der Waals surface area contributed by atoms with Crippen LogP contribution in [0.5, 0.6) is 0 Å². The van der Waals surface area contributed by atoms with Crippen LogP contribution in [-0.4, -0.2) is 57.0 Å². The Hall–Kier alpha value is -2.18. The van der Waals surface area contributed by atoms with Gasteiger partial charge in [-0.1, -0.05) is 0 Å². The van der Waals surface area contributed by atoms with Crippen molar-refractivity contribution in [3.63, 3.8) is 0 Å². The average molecular weight is 380 g/mol. The van der Waals surface area contributed by atoms with Crippen molar-refractivity contribution in [2.24, 2.45) is 7.05 Å². The lowest BCUT2D eigenvalue weighted by Gasteiger charge is -2.38. The minimum absolute atomic E-state index is 0.618. The summed E-state index contributed by atoms with van der Waals surface area (Å²) in [5.41, 5.74) is 5.91. The van der Waals surface area contributed by atoms with E-state index in [0.717, 1.165) is 38.0 Å². The van der Waals surface area contributed by atoms with E-state index in [9.17, 15) is 0 Å². The van der Waals surface area contributed by atoms with Gasteiger partial charge in [0, 0.05) is 60.8 Å². The van der Waals surface area contributed by atoms with Crippen molar-refractivity contribution in [2.75, 3.05) is 26.3 Å². The zero-order chi connectivity index (χ0) is 19.1. The Bertz CT molecular complexity index is 961. The van der Waals surface area contributed by atoms with E-state index in [-0.39, 0.29) is 0 Å². The van der Waals surface area contributed by atoms with Gasteiger partial charge in [-0.15, -0.1) is 0 Å². The van der Waals surface area contributed by atoms with Crippen molar-refractivity contribution in [1.29, 1.82) is 0 Å². The summed E-state index contributed by atoms with van der Waals surface area (Å²) >= 11 is 0. The number of H-pyrrole nitrogens is 1. The molecule has 2 aliphatic rings.